The number of nitrogens with one attached hydrogen (secondary N) is 1. The van der Waals surface area contributed by atoms with Crippen LogP contribution < -0.4 is 5.32 Å². The Morgan fingerprint density at radius 3 is 2.12 bits per heavy atom. The fourth-order valence-corrected chi connectivity index (χ4v) is 3.42. The molecule has 2 aromatic heterocycles. The summed E-state index contributed by atoms with van der Waals surface area (Å²) in [5, 5.41) is 2.81. The van der Waals surface area contributed by atoms with Crippen molar-refractivity contribution in [2.75, 3.05) is 5.32 Å². The normalized spacial score (nSPS) is 11.2. The second-order valence-corrected chi connectivity index (χ2v) is 7.43. The third kappa shape index (κ3) is 5.63. The van der Waals surface area contributed by atoms with Gasteiger partial charge in [-0.2, -0.15) is 13.2 Å². The number of amides is 1. The molecule has 0 aliphatic heterocycles. The van der Waals surface area contributed by atoms with Crippen molar-refractivity contribution in [3.05, 3.63) is 114 Å². The fraction of sp³-hybridized carbons (Fsp3) is 0.115. The van der Waals surface area contributed by atoms with Crippen LogP contribution in [-0.2, 0) is 19.0 Å². The van der Waals surface area contributed by atoms with E-state index >= 15 is 0 Å². The van der Waals surface area contributed by atoms with E-state index in [0.29, 0.717) is 22.4 Å². The topological polar surface area (TPSA) is 54.9 Å². The SMILES string of the molecule is O=C(Nc1ccc(CCc2ccccn2)nc1)c1ccccc1-c1ccc(C(F)(F)F)cc1. The molecule has 2 aromatic carbocycles. The Labute approximate surface area is 189 Å². The molecule has 0 saturated carbocycles. The minimum atomic E-state index is -4.41. The number of benzene rings is 2. The Balaban J connectivity index is 1.46. The molecule has 0 fully saturated rings. The van der Waals surface area contributed by atoms with Gasteiger partial charge in [-0.3, -0.25) is 14.8 Å². The van der Waals surface area contributed by atoms with Gasteiger partial charge in [-0.1, -0.05) is 36.4 Å². The van der Waals surface area contributed by atoms with Crippen molar-refractivity contribution in [1.29, 1.82) is 0 Å². The van der Waals surface area contributed by atoms with E-state index in [1.807, 2.05) is 24.3 Å². The minimum absolute atomic E-state index is 0.358. The molecular weight excluding hydrogens is 427 g/mol. The van der Waals surface area contributed by atoms with Gasteiger partial charge in [-0.25, -0.2) is 0 Å². The molecule has 0 spiro atoms. The van der Waals surface area contributed by atoms with Gasteiger partial charge in [0.25, 0.3) is 5.91 Å². The van der Waals surface area contributed by atoms with Gasteiger partial charge in [0.05, 0.1) is 17.4 Å². The van der Waals surface area contributed by atoms with Crippen LogP contribution in [0.4, 0.5) is 18.9 Å². The number of hydrogen-bond donors (Lipinski definition) is 1. The Morgan fingerprint density at radius 2 is 1.48 bits per heavy atom. The lowest BCUT2D eigenvalue weighted by Crippen LogP contribution is -2.13. The van der Waals surface area contributed by atoms with E-state index in [0.717, 1.165) is 36.4 Å². The number of carbonyl (C=O) groups is 1. The smallest absolute Gasteiger partial charge is 0.321 e. The molecule has 0 aliphatic carbocycles. The third-order valence-corrected chi connectivity index (χ3v) is 5.14. The molecule has 7 heteroatoms. The molecule has 33 heavy (non-hydrogen) atoms. The van der Waals surface area contributed by atoms with Crippen LogP contribution in [-0.4, -0.2) is 15.9 Å². The summed E-state index contributed by atoms with van der Waals surface area (Å²) >= 11 is 0. The van der Waals surface area contributed by atoms with Crippen LogP contribution in [0, 0.1) is 0 Å². The van der Waals surface area contributed by atoms with Crippen molar-refractivity contribution < 1.29 is 18.0 Å². The van der Waals surface area contributed by atoms with Crippen LogP contribution in [0.2, 0.25) is 0 Å². The minimum Gasteiger partial charge on any atom is -0.321 e. The Morgan fingerprint density at radius 1 is 0.788 bits per heavy atom. The number of halogens is 3. The van der Waals surface area contributed by atoms with Gasteiger partial charge in [-0.05, 0) is 66.4 Å². The first-order chi connectivity index (χ1) is 15.9. The number of aromatic nitrogens is 2. The Hall–Kier alpha value is -4.00. The van der Waals surface area contributed by atoms with Gasteiger partial charge in [-0.15, -0.1) is 0 Å². The Bertz CT molecular complexity index is 1220. The van der Waals surface area contributed by atoms with Gasteiger partial charge in [0, 0.05) is 23.1 Å². The number of hydrogen-bond acceptors (Lipinski definition) is 3. The lowest BCUT2D eigenvalue weighted by atomic mass is 9.98. The second kappa shape index (κ2) is 9.65. The highest BCUT2D eigenvalue weighted by Gasteiger charge is 2.30. The summed E-state index contributed by atoms with van der Waals surface area (Å²) in [6.45, 7) is 0. The van der Waals surface area contributed by atoms with Gasteiger partial charge < -0.3 is 5.32 Å². The van der Waals surface area contributed by atoms with Gasteiger partial charge >= 0.3 is 6.18 Å². The molecule has 2 heterocycles. The average Bonchev–Trinajstić information content (AvgIpc) is 2.84. The summed E-state index contributed by atoms with van der Waals surface area (Å²) in [5.41, 5.74) is 3.09. The highest BCUT2D eigenvalue weighted by Crippen LogP contribution is 2.32. The van der Waals surface area contributed by atoms with Gasteiger partial charge in [0.2, 0.25) is 0 Å². The molecule has 1 N–H and O–H groups in total. The van der Waals surface area contributed by atoms with E-state index in [1.165, 1.54) is 12.1 Å². The number of aryl methyl sites for hydroxylation is 2. The first-order valence-electron chi connectivity index (χ1n) is 10.3. The summed E-state index contributed by atoms with van der Waals surface area (Å²) in [4.78, 5) is 21.6. The summed E-state index contributed by atoms with van der Waals surface area (Å²) in [6.07, 6.45) is 0.421. The predicted octanol–water partition coefficient (Wildman–Crippen LogP) is 6.20. The molecule has 1 amide bonds. The van der Waals surface area contributed by atoms with Crippen molar-refractivity contribution in [3.8, 4) is 11.1 Å². The van der Waals surface area contributed by atoms with Crippen molar-refractivity contribution in [3.63, 3.8) is 0 Å². The second-order valence-electron chi connectivity index (χ2n) is 7.43. The number of anilines is 1. The lowest BCUT2D eigenvalue weighted by Gasteiger charge is -2.12. The molecule has 4 rings (SSSR count). The zero-order valence-electron chi connectivity index (χ0n) is 17.5. The number of pyridine rings is 2. The standard InChI is InChI=1S/C26H20F3N3O/c27-26(28,29)19-10-8-18(9-11-19)23-6-1-2-7-24(23)25(33)32-22-15-14-21(31-17-22)13-12-20-5-3-4-16-30-20/h1-11,14-17H,12-13H2,(H,32,33). The molecule has 4 nitrogen and oxygen atoms in total. The third-order valence-electron chi connectivity index (χ3n) is 5.14. The van der Waals surface area contributed by atoms with E-state index in [1.54, 1.807) is 42.7 Å². The average molecular weight is 447 g/mol. The largest absolute Gasteiger partial charge is 0.416 e. The van der Waals surface area contributed by atoms with Crippen LogP contribution in [0.25, 0.3) is 11.1 Å². The number of carbonyl (C=O) groups excluding carboxylic acids is 1. The Kier molecular flexibility index (Phi) is 6.49. The van der Waals surface area contributed by atoms with E-state index < -0.39 is 11.7 Å². The summed E-state index contributed by atoms with van der Waals surface area (Å²) in [6, 6.07) is 20.9. The maximum Gasteiger partial charge on any atom is 0.416 e. The molecule has 0 bridgehead atoms. The summed E-state index contributed by atoms with van der Waals surface area (Å²) in [7, 11) is 0. The van der Waals surface area contributed by atoms with Crippen LogP contribution in [0.3, 0.4) is 0 Å². The zero-order chi connectivity index (χ0) is 23.3. The molecule has 0 saturated heterocycles. The molecule has 166 valence electrons. The lowest BCUT2D eigenvalue weighted by molar-refractivity contribution is -0.137. The highest BCUT2D eigenvalue weighted by atomic mass is 19.4. The van der Waals surface area contributed by atoms with Crippen molar-refractivity contribution in [2.45, 2.75) is 19.0 Å². The maximum atomic E-state index is 12.9. The van der Waals surface area contributed by atoms with Gasteiger partial charge in [0.15, 0.2) is 0 Å². The molecule has 0 atom stereocenters. The molecule has 0 unspecified atom stereocenters. The van der Waals surface area contributed by atoms with E-state index in [2.05, 4.69) is 15.3 Å². The predicted molar refractivity (Wildman–Crippen MR) is 121 cm³/mol. The van der Waals surface area contributed by atoms with E-state index in [4.69, 9.17) is 0 Å². The van der Waals surface area contributed by atoms with Crippen LogP contribution in [0.1, 0.15) is 27.3 Å². The highest BCUT2D eigenvalue weighted by molar-refractivity contribution is 6.08. The molecule has 0 radical (unpaired) electrons. The molecular formula is C26H20F3N3O. The van der Waals surface area contributed by atoms with Gasteiger partial charge in [0.1, 0.15) is 0 Å². The van der Waals surface area contributed by atoms with E-state index in [-0.39, 0.29) is 5.91 Å². The molecule has 0 aliphatic rings. The quantitative estimate of drug-likeness (QED) is 0.383. The molecule has 4 aromatic rings. The number of nitrogens with zero attached hydrogens (tertiary/aromatic N) is 2. The van der Waals surface area contributed by atoms with Crippen molar-refractivity contribution in [2.24, 2.45) is 0 Å². The first-order valence-corrected chi connectivity index (χ1v) is 10.3. The van der Waals surface area contributed by atoms with Crippen LogP contribution >= 0.6 is 0 Å². The summed E-state index contributed by atoms with van der Waals surface area (Å²) in [5.74, 6) is -0.367. The zero-order valence-corrected chi connectivity index (χ0v) is 17.5. The van der Waals surface area contributed by atoms with Crippen molar-refractivity contribution >= 4 is 11.6 Å². The van der Waals surface area contributed by atoms with E-state index in [9.17, 15) is 18.0 Å². The summed E-state index contributed by atoms with van der Waals surface area (Å²) < 4.78 is 38.6. The number of alkyl halides is 3. The fourth-order valence-electron chi connectivity index (χ4n) is 3.42. The first kappa shape index (κ1) is 22.2. The van der Waals surface area contributed by atoms with Crippen molar-refractivity contribution in [1.82, 2.24) is 9.97 Å². The van der Waals surface area contributed by atoms with Crippen LogP contribution in [0.5, 0.6) is 0 Å². The van der Waals surface area contributed by atoms with Crippen LogP contribution in [0.15, 0.2) is 91.3 Å². The number of rotatable bonds is 6. The monoisotopic (exact) mass is 447 g/mol. The maximum absolute atomic E-state index is 12.9.